The van der Waals surface area contributed by atoms with Crippen molar-refractivity contribution in [3.63, 3.8) is 0 Å². The largest absolute Gasteiger partial charge is 0.347 e. The van der Waals surface area contributed by atoms with Gasteiger partial charge in [0.05, 0.1) is 0 Å². The molecule has 1 aromatic carbocycles. The molecule has 1 amide bonds. The van der Waals surface area contributed by atoms with E-state index < -0.39 is 0 Å². The van der Waals surface area contributed by atoms with Crippen molar-refractivity contribution < 1.29 is 4.79 Å². The lowest BCUT2D eigenvalue weighted by Gasteiger charge is -2.09. The molecule has 1 saturated heterocycles. The third-order valence-corrected chi connectivity index (χ3v) is 4.42. The van der Waals surface area contributed by atoms with Gasteiger partial charge >= 0.3 is 0 Å². The zero-order valence-electron chi connectivity index (χ0n) is 12.1. The van der Waals surface area contributed by atoms with Crippen LogP contribution in [0.1, 0.15) is 10.5 Å². The summed E-state index contributed by atoms with van der Waals surface area (Å²) in [5, 5.41) is 9.63. The van der Waals surface area contributed by atoms with Gasteiger partial charge in [-0.2, -0.15) is 0 Å². The number of nitrogens with one attached hydrogen (secondary N) is 3. The van der Waals surface area contributed by atoms with Crippen molar-refractivity contribution in [1.29, 1.82) is 0 Å². The van der Waals surface area contributed by atoms with Crippen molar-refractivity contribution in [1.82, 2.24) is 15.6 Å². The van der Waals surface area contributed by atoms with E-state index in [4.69, 9.17) is 0 Å². The van der Waals surface area contributed by atoms with Crippen LogP contribution in [0.15, 0.2) is 48.5 Å². The number of pyridine rings is 1. The highest BCUT2D eigenvalue weighted by molar-refractivity contribution is 5.93. The van der Waals surface area contributed by atoms with Gasteiger partial charge < -0.3 is 16.0 Å². The maximum atomic E-state index is 12.3. The number of hydrogen-bond donors (Lipinski definition) is 3. The number of amides is 1. The SMILES string of the molecule is O=C(N[C@@H]1[C@@H]2CNC[C@@H]21)c1cccc(Nc2ccccc2)n1. The van der Waals surface area contributed by atoms with Crippen LogP contribution in [0, 0.1) is 11.8 Å². The number of rotatable bonds is 4. The molecule has 2 aliphatic rings. The molecule has 4 rings (SSSR count). The number of aromatic nitrogens is 1. The Bertz CT molecular complexity index is 678. The Kier molecular flexibility index (Phi) is 3.27. The second-order valence-electron chi connectivity index (χ2n) is 5.88. The monoisotopic (exact) mass is 294 g/mol. The van der Waals surface area contributed by atoms with E-state index in [1.54, 1.807) is 6.07 Å². The molecule has 2 fully saturated rings. The zero-order chi connectivity index (χ0) is 14.9. The van der Waals surface area contributed by atoms with E-state index in [1.807, 2.05) is 42.5 Å². The molecule has 2 heterocycles. The Morgan fingerprint density at radius 2 is 1.82 bits per heavy atom. The number of hydrogen-bond acceptors (Lipinski definition) is 4. The predicted molar refractivity (Wildman–Crippen MR) is 85.1 cm³/mol. The summed E-state index contributed by atoms with van der Waals surface area (Å²) in [4.78, 5) is 16.7. The van der Waals surface area contributed by atoms with Crippen LogP contribution < -0.4 is 16.0 Å². The highest BCUT2D eigenvalue weighted by Crippen LogP contribution is 2.41. The summed E-state index contributed by atoms with van der Waals surface area (Å²) in [7, 11) is 0. The number of piperidine rings is 1. The molecule has 5 nitrogen and oxygen atoms in total. The summed E-state index contributed by atoms with van der Waals surface area (Å²) in [6, 6.07) is 15.6. The fourth-order valence-corrected chi connectivity index (χ4v) is 3.16. The molecule has 1 aliphatic carbocycles. The average molecular weight is 294 g/mol. The topological polar surface area (TPSA) is 66.1 Å². The standard InChI is InChI=1S/C17H18N4O/c22-17(21-16-12-9-18-10-13(12)16)14-7-4-8-15(20-14)19-11-5-2-1-3-6-11/h1-8,12-13,16,18H,9-10H2,(H,19,20)(H,21,22)/t12-,13+,16-. The molecule has 0 unspecified atom stereocenters. The fraction of sp³-hybridized carbons (Fsp3) is 0.294. The smallest absolute Gasteiger partial charge is 0.270 e. The minimum Gasteiger partial charge on any atom is -0.347 e. The number of fused-ring (bicyclic) bond motifs is 1. The van der Waals surface area contributed by atoms with Gasteiger partial charge in [-0.25, -0.2) is 4.98 Å². The van der Waals surface area contributed by atoms with Crippen molar-refractivity contribution in [2.45, 2.75) is 6.04 Å². The molecule has 0 bridgehead atoms. The molecule has 1 aromatic heterocycles. The van der Waals surface area contributed by atoms with Gasteiger partial charge in [0.25, 0.3) is 5.91 Å². The van der Waals surface area contributed by atoms with Crippen LogP contribution in [-0.4, -0.2) is 30.0 Å². The molecular formula is C17H18N4O. The lowest BCUT2D eigenvalue weighted by atomic mass is 10.3. The summed E-state index contributed by atoms with van der Waals surface area (Å²) in [6.45, 7) is 2.03. The normalized spacial score (nSPS) is 25.4. The maximum absolute atomic E-state index is 12.3. The van der Waals surface area contributed by atoms with E-state index >= 15 is 0 Å². The van der Waals surface area contributed by atoms with E-state index in [-0.39, 0.29) is 5.91 Å². The molecule has 0 radical (unpaired) electrons. The van der Waals surface area contributed by atoms with E-state index in [2.05, 4.69) is 20.9 Å². The van der Waals surface area contributed by atoms with Crippen LogP contribution in [0.3, 0.4) is 0 Å². The number of nitrogens with zero attached hydrogens (tertiary/aromatic N) is 1. The molecule has 2 aromatic rings. The molecule has 5 heteroatoms. The van der Waals surface area contributed by atoms with E-state index in [0.717, 1.165) is 18.8 Å². The van der Waals surface area contributed by atoms with Gasteiger partial charge in [-0.05, 0) is 36.1 Å². The molecule has 3 N–H and O–H groups in total. The number of carbonyl (C=O) groups excluding carboxylic acids is 1. The first-order valence-electron chi connectivity index (χ1n) is 7.62. The molecule has 1 aliphatic heterocycles. The van der Waals surface area contributed by atoms with Crippen LogP contribution in [0.4, 0.5) is 11.5 Å². The van der Waals surface area contributed by atoms with Crippen molar-refractivity contribution in [2.75, 3.05) is 18.4 Å². The summed E-state index contributed by atoms with van der Waals surface area (Å²) >= 11 is 0. The van der Waals surface area contributed by atoms with Crippen molar-refractivity contribution in [3.05, 3.63) is 54.2 Å². The first kappa shape index (κ1) is 13.3. The van der Waals surface area contributed by atoms with E-state index in [0.29, 0.717) is 29.4 Å². The third kappa shape index (κ3) is 2.55. The van der Waals surface area contributed by atoms with Crippen molar-refractivity contribution in [3.8, 4) is 0 Å². The Morgan fingerprint density at radius 3 is 2.59 bits per heavy atom. The maximum Gasteiger partial charge on any atom is 0.270 e. The Balaban J connectivity index is 1.43. The summed E-state index contributed by atoms with van der Waals surface area (Å²) < 4.78 is 0. The minimum absolute atomic E-state index is 0.0869. The van der Waals surface area contributed by atoms with Crippen molar-refractivity contribution in [2.24, 2.45) is 11.8 Å². The van der Waals surface area contributed by atoms with E-state index in [1.165, 1.54) is 0 Å². The van der Waals surface area contributed by atoms with Gasteiger partial charge in [0.15, 0.2) is 0 Å². The number of para-hydroxylation sites is 1. The van der Waals surface area contributed by atoms with Crippen LogP contribution in [0.5, 0.6) is 0 Å². The molecule has 3 atom stereocenters. The lowest BCUT2D eigenvalue weighted by molar-refractivity contribution is 0.0941. The molecular weight excluding hydrogens is 276 g/mol. The fourth-order valence-electron chi connectivity index (χ4n) is 3.16. The second-order valence-corrected chi connectivity index (χ2v) is 5.88. The van der Waals surface area contributed by atoms with Crippen molar-refractivity contribution >= 4 is 17.4 Å². The number of benzene rings is 1. The van der Waals surface area contributed by atoms with E-state index in [9.17, 15) is 4.79 Å². The summed E-state index contributed by atoms with van der Waals surface area (Å²) in [5.74, 6) is 1.80. The lowest BCUT2D eigenvalue weighted by Crippen LogP contribution is -2.33. The van der Waals surface area contributed by atoms with Crippen LogP contribution in [-0.2, 0) is 0 Å². The third-order valence-electron chi connectivity index (χ3n) is 4.42. The van der Waals surface area contributed by atoms with Gasteiger partial charge in [-0.15, -0.1) is 0 Å². The number of carbonyl (C=O) groups is 1. The van der Waals surface area contributed by atoms with Gasteiger partial charge in [-0.3, -0.25) is 4.79 Å². The molecule has 1 saturated carbocycles. The minimum atomic E-state index is -0.0869. The Labute approximate surface area is 129 Å². The Hall–Kier alpha value is -2.40. The van der Waals surface area contributed by atoms with Gasteiger partial charge in [0.1, 0.15) is 11.5 Å². The Morgan fingerprint density at radius 1 is 1.05 bits per heavy atom. The van der Waals surface area contributed by atoms with Crippen LogP contribution in [0.25, 0.3) is 0 Å². The average Bonchev–Trinajstić information content (AvgIpc) is 2.97. The summed E-state index contributed by atoms with van der Waals surface area (Å²) in [6.07, 6.45) is 0. The first-order valence-corrected chi connectivity index (χ1v) is 7.62. The van der Waals surface area contributed by atoms with Gasteiger partial charge in [0, 0.05) is 24.8 Å². The predicted octanol–water partition coefficient (Wildman–Crippen LogP) is 1.77. The van der Waals surface area contributed by atoms with Crippen LogP contribution >= 0.6 is 0 Å². The quantitative estimate of drug-likeness (QED) is 0.804. The number of anilines is 2. The van der Waals surface area contributed by atoms with Gasteiger partial charge in [-0.1, -0.05) is 24.3 Å². The highest BCUT2D eigenvalue weighted by atomic mass is 16.2. The molecule has 112 valence electrons. The van der Waals surface area contributed by atoms with Crippen LogP contribution in [0.2, 0.25) is 0 Å². The highest BCUT2D eigenvalue weighted by Gasteiger charge is 2.53. The molecule has 0 spiro atoms. The second kappa shape index (κ2) is 5.42. The zero-order valence-corrected chi connectivity index (χ0v) is 12.1. The first-order chi connectivity index (χ1) is 10.8. The summed E-state index contributed by atoms with van der Waals surface area (Å²) in [5.41, 5.74) is 1.41. The van der Waals surface area contributed by atoms with Gasteiger partial charge in [0.2, 0.25) is 0 Å². The molecule has 22 heavy (non-hydrogen) atoms.